The fraction of sp³-hybridized carbons (Fsp3) is 0.545. The Bertz CT molecular complexity index is 929. The van der Waals surface area contributed by atoms with Crippen LogP contribution in [0.15, 0.2) is 24.7 Å². The lowest BCUT2D eigenvalue weighted by Crippen LogP contribution is -2.07. The van der Waals surface area contributed by atoms with Gasteiger partial charge in [-0.25, -0.2) is 4.98 Å². The van der Waals surface area contributed by atoms with Crippen LogP contribution in [0.3, 0.4) is 0 Å². The third-order valence-electron chi connectivity index (χ3n) is 6.52. The molecule has 0 bridgehead atoms. The van der Waals surface area contributed by atoms with Gasteiger partial charge < -0.3 is 4.98 Å². The topological polar surface area (TPSA) is 46.5 Å². The van der Waals surface area contributed by atoms with Crippen molar-refractivity contribution in [2.24, 2.45) is 5.92 Å². The molecule has 3 heterocycles. The molecule has 1 N–H and O–H groups in total. The number of nitrogens with zero attached hydrogens (tertiary/aromatic N) is 3. The molecule has 142 valence electrons. The van der Waals surface area contributed by atoms with Gasteiger partial charge in [0.25, 0.3) is 0 Å². The molecule has 0 spiro atoms. The van der Waals surface area contributed by atoms with Crippen LogP contribution in [0, 0.1) is 5.92 Å². The molecule has 5 rings (SSSR count). The molecule has 3 aromatic rings. The molecule has 2 saturated carbocycles. The van der Waals surface area contributed by atoms with Gasteiger partial charge in [0.15, 0.2) is 0 Å². The van der Waals surface area contributed by atoms with Crippen LogP contribution in [0.2, 0.25) is 5.02 Å². The van der Waals surface area contributed by atoms with E-state index >= 15 is 0 Å². The van der Waals surface area contributed by atoms with Crippen molar-refractivity contribution in [2.75, 3.05) is 0 Å². The van der Waals surface area contributed by atoms with E-state index in [0.717, 1.165) is 34.6 Å². The van der Waals surface area contributed by atoms with E-state index in [2.05, 4.69) is 32.0 Å². The van der Waals surface area contributed by atoms with Crippen molar-refractivity contribution in [2.45, 2.75) is 70.3 Å². The third-order valence-corrected chi connectivity index (χ3v) is 6.81. The quantitative estimate of drug-likeness (QED) is 0.574. The van der Waals surface area contributed by atoms with Crippen LogP contribution >= 0.6 is 11.6 Å². The van der Waals surface area contributed by atoms with Gasteiger partial charge >= 0.3 is 0 Å². The first-order valence-corrected chi connectivity index (χ1v) is 10.9. The van der Waals surface area contributed by atoms with Crippen LogP contribution < -0.4 is 0 Å². The molecule has 4 nitrogen and oxygen atoms in total. The summed E-state index contributed by atoms with van der Waals surface area (Å²) in [5.41, 5.74) is 4.43. The summed E-state index contributed by atoms with van der Waals surface area (Å²) >= 11 is 6.60. The fourth-order valence-electron chi connectivity index (χ4n) is 5.05. The van der Waals surface area contributed by atoms with Crippen LogP contribution in [-0.2, 0) is 6.54 Å². The molecule has 2 fully saturated rings. The molecule has 0 unspecified atom stereocenters. The van der Waals surface area contributed by atoms with Gasteiger partial charge in [0, 0.05) is 41.1 Å². The van der Waals surface area contributed by atoms with Gasteiger partial charge in [-0.2, -0.15) is 5.10 Å². The number of halogens is 1. The second-order valence-corrected chi connectivity index (χ2v) is 8.81. The molecule has 2 aliphatic rings. The average molecular weight is 383 g/mol. The number of H-pyrrole nitrogens is 1. The fourth-order valence-corrected chi connectivity index (χ4v) is 5.31. The minimum Gasteiger partial charge on any atom is -0.343 e. The Labute approximate surface area is 165 Å². The lowest BCUT2D eigenvalue weighted by molar-refractivity contribution is 0.429. The summed E-state index contributed by atoms with van der Waals surface area (Å²) in [5.74, 6) is 1.40. The van der Waals surface area contributed by atoms with Crippen LogP contribution in [0.4, 0.5) is 0 Å². The zero-order valence-electron chi connectivity index (χ0n) is 15.8. The molecular formula is C22H27ClN4. The molecule has 0 amide bonds. The van der Waals surface area contributed by atoms with Gasteiger partial charge in [-0.3, -0.25) is 4.68 Å². The van der Waals surface area contributed by atoms with E-state index in [9.17, 15) is 0 Å². The lowest BCUT2D eigenvalue weighted by Gasteiger charge is -2.20. The minimum atomic E-state index is 0.629. The summed E-state index contributed by atoms with van der Waals surface area (Å²) in [6, 6.07) is 2.29. The molecule has 0 aliphatic heterocycles. The summed E-state index contributed by atoms with van der Waals surface area (Å²) in [4.78, 5) is 8.13. The normalized spacial score (nSPS) is 19.3. The zero-order chi connectivity index (χ0) is 18.2. The number of fused-ring (bicyclic) bond motifs is 1. The van der Waals surface area contributed by atoms with Crippen molar-refractivity contribution >= 4 is 22.6 Å². The Morgan fingerprint density at radius 2 is 1.81 bits per heavy atom. The Morgan fingerprint density at radius 1 is 1.04 bits per heavy atom. The number of aromatic nitrogens is 4. The average Bonchev–Trinajstić information content (AvgIpc) is 3.43. The highest BCUT2D eigenvalue weighted by molar-refractivity contribution is 6.34. The first-order valence-electron chi connectivity index (χ1n) is 10.5. The van der Waals surface area contributed by atoms with Gasteiger partial charge in [0.1, 0.15) is 5.65 Å². The predicted octanol–water partition coefficient (Wildman–Crippen LogP) is 6.32. The minimum absolute atomic E-state index is 0.629. The molecule has 0 radical (unpaired) electrons. The van der Waals surface area contributed by atoms with E-state index < -0.39 is 0 Å². The maximum atomic E-state index is 6.60. The molecule has 3 aromatic heterocycles. The monoisotopic (exact) mass is 382 g/mol. The second-order valence-electron chi connectivity index (χ2n) is 8.40. The SMILES string of the molecule is Clc1cnc2[nH]c(C3CCCCC3)cc2c1-c1cnn(CC2CCCC2)c1. The van der Waals surface area contributed by atoms with Crippen molar-refractivity contribution in [1.29, 1.82) is 0 Å². The highest BCUT2D eigenvalue weighted by Crippen LogP contribution is 2.38. The summed E-state index contributed by atoms with van der Waals surface area (Å²) in [6.45, 7) is 1.02. The van der Waals surface area contributed by atoms with Crippen LogP contribution in [0.25, 0.3) is 22.2 Å². The predicted molar refractivity (Wildman–Crippen MR) is 110 cm³/mol. The van der Waals surface area contributed by atoms with E-state index in [-0.39, 0.29) is 0 Å². The van der Waals surface area contributed by atoms with Crippen molar-refractivity contribution in [3.8, 4) is 11.1 Å². The van der Waals surface area contributed by atoms with Crippen molar-refractivity contribution in [1.82, 2.24) is 19.7 Å². The molecule has 5 heteroatoms. The third kappa shape index (κ3) is 3.40. The number of hydrogen-bond acceptors (Lipinski definition) is 2. The van der Waals surface area contributed by atoms with Crippen molar-refractivity contribution in [3.63, 3.8) is 0 Å². The molecule has 0 saturated heterocycles. The van der Waals surface area contributed by atoms with Gasteiger partial charge in [-0.05, 0) is 43.6 Å². The number of hydrogen-bond donors (Lipinski definition) is 1. The Hall–Kier alpha value is -1.81. The standard InChI is InChI=1S/C22H27ClN4/c23-19-12-24-22-18(10-20(26-22)16-8-2-1-3-9-16)21(19)17-11-25-27(14-17)13-15-6-4-5-7-15/h10-12,14-16H,1-9,13H2,(H,24,26). The first kappa shape index (κ1) is 17.3. The zero-order valence-corrected chi connectivity index (χ0v) is 16.5. The Kier molecular flexibility index (Phi) is 4.68. The smallest absolute Gasteiger partial charge is 0.138 e. The Morgan fingerprint density at radius 3 is 2.63 bits per heavy atom. The molecule has 2 aliphatic carbocycles. The molecule has 0 aromatic carbocycles. The van der Waals surface area contributed by atoms with Crippen LogP contribution in [-0.4, -0.2) is 19.7 Å². The van der Waals surface area contributed by atoms with Crippen molar-refractivity contribution < 1.29 is 0 Å². The molecule has 27 heavy (non-hydrogen) atoms. The highest BCUT2D eigenvalue weighted by Gasteiger charge is 2.21. The Balaban J connectivity index is 1.49. The number of rotatable bonds is 4. The summed E-state index contributed by atoms with van der Waals surface area (Å²) in [6.07, 6.45) is 17.9. The maximum absolute atomic E-state index is 6.60. The first-order chi connectivity index (χ1) is 13.3. The van der Waals surface area contributed by atoms with Gasteiger partial charge in [-0.15, -0.1) is 0 Å². The van der Waals surface area contributed by atoms with E-state index in [0.29, 0.717) is 10.9 Å². The summed E-state index contributed by atoms with van der Waals surface area (Å²) < 4.78 is 2.10. The van der Waals surface area contributed by atoms with Crippen LogP contribution in [0.1, 0.15) is 69.4 Å². The number of nitrogens with one attached hydrogen (secondary N) is 1. The molecule has 0 atom stereocenters. The maximum Gasteiger partial charge on any atom is 0.138 e. The van der Waals surface area contributed by atoms with Gasteiger partial charge in [-0.1, -0.05) is 43.7 Å². The van der Waals surface area contributed by atoms with Gasteiger partial charge in [0.2, 0.25) is 0 Å². The van der Waals surface area contributed by atoms with Crippen molar-refractivity contribution in [3.05, 3.63) is 35.4 Å². The summed E-state index contributed by atoms with van der Waals surface area (Å²) in [5, 5.41) is 6.46. The van der Waals surface area contributed by atoms with E-state index in [1.807, 2.05) is 6.20 Å². The number of pyridine rings is 1. The van der Waals surface area contributed by atoms with E-state index in [4.69, 9.17) is 11.6 Å². The number of aromatic amines is 1. The van der Waals surface area contributed by atoms with Crippen LogP contribution in [0.5, 0.6) is 0 Å². The highest BCUT2D eigenvalue weighted by atomic mass is 35.5. The lowest BCUT2D eigenvalue weighted by atomic mass is 9.87. The van der Waals surface area contributed by atoms with E-state index in [1.54, 1.807) is 6.20 Å². The van der Waals surface area contributed by atoms with Gasteiger partial charge in [0.05, 0.1) is 11.2 Å². The van der Waals surface area contributed by atoms with E-state index in [1.165, 1.54) is 63.5 Å². The largest absolute Gasteiger partial charge is 0.343 e. The second kappa shape index (κ2) is 7.31. The summed E-state index contributed by atoms with van der Waals surface area (Å²) in [7, 11) is 0. The molecular weight excluding hydrogens is 356 g/mol.